The molecule has 1 aliphatic heterocycles. The molecule has 0 N–H and O–H groups in total. The highest BCUT2D eigenvalue weighted by atomic mass is 16.8. The SMILES string of the molecule is CC1(C)OC(=O)OC1C1=CCCCC1. The van der Waals surface area contributed by atoms with Gasteiger partial charge in [0.25, 0.3) is 0 Å². The van der Waals surface area contributed by atoms with Crippen LogP contribution in [0.5, 0.6) is 0 Å². The first-order valence-electron chi connectivity index (χ1n) is 5.18. The average Bonchev–Trinajstić information content (AvgIpc) is 2.41. The topological polar surface area (TPSA) is 35.5 Å². The lowest BCUT2D eigenvalue weighted by Gasteiger charge is -2.25. The second-order valence-corrected chi connectivity index (χ2v) is 4.48. The van der Waals surface area contributed by atoms with Gasteiger partial charge in [0.2, 0.25) is 0 Å². The monoisotopic (exact) mass is 196 g/mol. The van der Waals surface area contributed by atoms with Crippen LogP contribution in [-0.4, -0.2) is 17.9 Å². The van der Waals surface area contributed by atoms with Gasteiger partial charge in [0, 0.05) is 0 Å². The maximum atomic E-state index is 11.0. The quantitative estimate of drug-likeness (QED) is 0.478. The van der Waals surface area contributed by atoms with Gasteiger partial charge >= 0.3 is 6.16 Å². The number of carbonyl (C=O) groups excluding carboxylic acids is 1. The van der Waals surface area contributed by atoms with Crippen molar-refractivity contribution in [2.24, 2.45) is 0 Å². The number of hydrogen-bond acceptors (Lipinski definition) is 3. The Labute approximate surface area is 84.1 Å². The number of hydrogen-bond donors (Lipinski definition) is 0. The summed E-state index contributed by atoms with van der Waals surface area (Å²) in [5.74, 6) is 0. The second-order valence-electron chi connectivity index (χ2n) is 4.48. The summed E-state index contributed by atoms with van der Waals surface area (Å²) in [7, 11) is 0. The molecule has 0 aromatic rings. The third-order valence-corrected chi connectivity index (χ3v) is 2.85. The maximum Gasteiger partial charge on any atom is 0.509 e. The normalized spacial score (nSPS) is 30.6. The van der Waals surface area contributed by atoms with Crippen molar-refractivity contribution in [3.05, 3.63) is 11.6 Å². The summed E-state index contributed by atoms with van der Waals surface area (Å²) in [6, 6.07) is 0. The molecule has 0 aromatic heterocycles. The summed E-state index contributed by atoms with van der Waals surface area (Å²) >= 11 is 0. The summed E-state index contributed by atoms with van der Waals surface area (Å²) in [6.45, 7) is 3.80. The van der Waals surface area contributed by atoms with Gasteiger partial charge in [-0.3, -0.25) is 0 Å². The number of ether oxygens (including phenoxy) is 2. The molecule has 1 saturated heterocycles. The number of cyclic esters (lactones) is 2. The zero-order valence-corrected chi connectivity index (χ0v) is 8.71. The summed E-state index contributed by atoms with van der Waals surface area (Å²) in [5.41, 5.74) is 0.729. The van der Waals surface area contributed by atoms with Crippen molar-refractivity contribution in [1.82, 2.24) is 0 Å². The lowest BCUT2D eigenvalue weighted by atomic mass is 9.88. The van der Waals surface area contributed by atoms with Crippen LogP contribution in [0, 0.1) is 0 Å². The zero-order valence-electron chi connectivity index (χ0n) is 8.71. The van der Waals surface area contributed by atoms with E-state index in [9.17, 15) is 4.79 Å². The van der Waals surface area contributed by atoms with E-state index in [1.165, 1.54) is 18.4 Å². The third kappa shape index (κ3) is 1.63. The summed E-state index contributed by atoms with van der Waals surface area (Å²) < 4.78 is 10.3. The van der Waals surface area contributed by atoms with E-state index < -0.39 is 11.8 Å². The fourth-order valence-electron chi connectivity index (χ4n) is 2.15. The van der Waals surface area contributed by atoms with Crippen molar-refractivity contribution in [1.29, 1.82) is 0 Å². The van der Waals surface area contributed by atoms with Crippen LogP contribution >= 0.6 is 0 Å². The van der Waals surface area contributed by atoms with Gasteiger partial charge in [-0.1, -0.05) is 6.08 Å². The van der Waals surface area contributed by atoms with Gasteiger partial charge in [0.1, 0.15) is 0 Å². The molecule has 1 atom stereocenters. The lowest BCUT2D eigenvalue weighted by Crippen LogP contribution is -2.34. The van der Waals surface area contributed by atoms with Gasteiger partial charge in [0.05, 0.1) is 0 Å². The van der Waals surface area contributed by atoms with Crippen molar-refractivity contribution in [2.75, 3.05) is 0 Å². The molecule has 1 fully saturated rings. The van der Waals surface area contributed by atoms with Crippen LogP contribution < -0.4 is 0 Å². The van der Waals surface area contributed by atoms with E-state index in [4.69, 9.17) is 9.47 Å². The molecule has 0 radical (unpaired) electrons. The summed E-state index contributed by atoms with van der Waals surface area (Å²) in [5, 5.41) is 0. The molecule has 14 heavy (non-hydrogen) atoms. The van der Waals surface area contributed by atoms with Crippen LogP contribution in [-0.2, 0) is 9.47 Å². The number of rotatable bonds is 1. The molecular weight excluding hydrogens is 180 g/mol. The molecule has 3 nitrogen and oxygen atoms in total. The van der Waals surface area contributed by atoms with Gasteiger partial charge in [0.15, 0.2) is 11.7 Å². The predicted molar refractivity (Wildman–Crippen MR) is 52.0 cm³/mol. The van der Waals surface area contributed by atoms with E-state index in [0.717, 1.165) is 12.8 Å². The Balaban J connectivity index is 2.17. The first-order chi connectivity index (χ1) is 6.59. The van der Waals surface area contributed by atoms with Crippen LogP contribution in [0.1, 0.15) is 39.5 Å². The highest BCUT2D eigenvalue weighted by molar-refractivity contribution is 5.64. The predicted octanol–water partition coefficient (Wildman–Crippen LogP) is 2.80. The Hall–Kier alpha value is -0.990. The van der Waals surface area contributed by atoms with Gasteiger partial charge in [-0.05, 0) is 45.1 Å². The fraction of sp³-hybridized carbons (Fsp3) is 0.727. The number of carbonyl (C=O) groups is 1. The minimum Gasteiger partial charge on any atom is -0.424 e. The highest BCUT2D eigenvalue weighted by Crippen LogP contribution is 2.35. The van der Waals surface area contributed by atoms with Crippen LogP contribution in [0.2, 0.25) is 0 Å². The zero-order chi connectivity index (χ0) is 10.2. The van der Waals surface area contributed by atoms with Crippen LogP contribution in [0.4, 0.5) is 4.79 Å². The molecule has 78 valence electrons. The second kappa shape index (κ2) is 3.30. The van der Waals surface area contributed by atoms with E-state index in [2.05, 4.69) is 6.08 Å². The van der Waals surface area contributed by atoms with Crippen molar-refractivity contribution in [3.8, 4) is 0 Å². The van der Waals surface area contributed by atoms with Crippen molar-refractivity contribution >= 4 is 6.16 Å². The largest absolute Gasteiger partial charge is 0.509 e. The standard InChI is InChI=1S/C11H16O3/c1-11(2)9(13-10(12)14-11)8-6-4-3-5-7-8/h6,9H,3-5,7H2,1-2H3. The first-order valence-corrected chi connectivity index (χ1v) is 5.18. The third-order valence-electron chi connectivity index (χ3n) is 2.85. The van der Waals surface area contributed by atoms with Crippen LogP contribution in [0.25, 0.3) is 0 Å². The van der Waals surface area contributed by atoms with Crippen molar-refractivity contribution < 1.29 is 14.3 Å². The highest BCUT2D eigenvalue weighted by Gasteiger charge is 2.45. The Morgan fingerprint density at radius 1 is 1.43 bits per heavy atom. The van der Waals surface area contributed by atoms with Gasteiger partial charge < -0.3 is 9.47 Å². The molecule has 0 spiro atoms. The van der Waals surface area contributed by atoms with E-state index >= 15 is 0 Å². The maximum absolute atomic E-state index is 11.0. The van der Waals surface area contributed by atoms with E-state index in [1.807, 2.05) is 13.8 Å². The van der Waals surface area contributed by atoms with Crippen LogP contribution in [0.3, 0.4) is 0 Å². The lowest BCUT2D eigenvalue weighted by molar-refractivity contribution is 0.0733. The molecule has 0 amide bonds. The minimum atomic E-state index is -0.536. The Kier molecular flexibility index (Phi) is 2.25. The first kappa shape index (κ1) is 9.56. The van der Waals surface area contributed by atoms with Crippen molar-refractivity contribution in [2.45, 2.75) is 51.2 Å². The van der Waals surface area contributed by atoms with Crippen LogP contribution in [0.15, 0.2) is 11.6 Å². The molecule has 1 aliphatic carbocycles. The summed E-state index contributed by atoms with van der Waals surface area (Å²) in [4.78, 5) is 11.0. The van der Waals surface area contributed by atoms with Gasteiger partial charge in [-0.15, -0.1) is 0 Å². The molecule has 2 rings (SSSR count). The molecule has 3 heteroatoms. The minimum absolute atomic E-state index is 0.171. The number of allylic oxidation sites excluding steroid dienone is 1. The average molecular weight is 196 g/mol. The molecule has 0 saturated carbocycles. The molecule has 1 unspecified atom stereocenters. The van der Waals surface area contributed by atoms with Gasteiger partial charge in [-0.25, -0.2) is 4.79 Å². The van der Waals surface area contributed by atoms with Crippen molar-refractivity contribution in [3.63, 3.8) is 0 Å². The smallest absolute Gasteiger partial charge is 0.424 e. The molecular formula is C11H16O3. The molecule has 0 aromatic carbocycles. The van der Waals surface area contributed by atoms with Gasteiger partial charge in [-0.2, -0.15) is 0 Å². The Morgan fingerprint density at radius 2 is 2.21 bits per heavy atom. The van der Waals surface area contributed by atoms with E-state index in [-0.39, 0.29) is 6.10 Å². The molecule has 1 heterocycles. The molecule has 0 bridgehead atoms. The molecule has 2 aliphatic rings. The summed E-state index contributed by atoms with van der Waals surface area (Å²) in [6.07, 6.45) is 6.05. The van der Waals surface area contributed by atoms with E-state index in [1.54, 1.807) is 0 Å². The fourth-order valence-corrected chi connectivity index (χ4v) is 2.15. The Bertz CT molecular complexity index is 278. The Morgan fingerprint density at radius 3 is 2.71 bits per heavy atom. The van der Waals surface area contributed by atoms with E-state index in [0.29, 0.717) is 0 Å².